The Hall–Kier alpha value is -2.18. The van der Waals surface area contributed by atoms with E-state index in [0.29, 0.717) is 11.3 Å². The number of carbonyl (C=O) groups is 2. The van der Waals surface area contributed by atoms with Crippen LogP contribution in [0.3, 0.4) is 0 Å². The molecule has 0 atom stereocenters. The fourth-order valence-electron chi connectivity index (χ4n) is 1.45. The van der Waals surface area contributed by atoms with E-state index in [0.717, 1.165) is 4.90 Å². The van der Waals surface area contributed by atoms with Crippen LogP contribution in [0.2, 0.25) is 0 Å². The molecule has 0 radical (unpaired) electrons. The van der Waals surface area contributed by atoms with Gasteiger partial charge in [0.05, 0.1) is 5.69 Å². The molecule has 2 N–H and O–H groups in total. The summed E-state index contributed by atoms with van der Waals surface area (Å²) in [6.07, 6.45) is 0. The summed E-state index contributed by atoms with van der Waals surface area (Å²) in [5, 5.41) is 15.1. The van der Waals surface area contributed by atoms with Gasteiger partial charge in [0.15, 0.2) is 0 Å². The summed E-state index contributed by atoms with van der Waals surface area (Å²) in [5.74, 6) is -1.79. The molecule has 1 aromatic rings. The highest BCUT2D eigenvalue weighted by Crippen LogP contribution is 2.17. The van der Waals surface area contributed by atoms with E-state index in [1.54, 1.807) is 13.8 Å². The third-order valence-electron chi connectivity index (χ3n) is 3.35. The van der Waals surface area contributed by atoms with Crippen molar-refractivity contribution in [3.8, 4) is 0 Å². The molecular weight excluding hydrogens is 250 g/mol. The average Bonchev–Trinajstić information content (AvgIpc) is 2.33. The summed E-state index contributed by atoms with van der Waals surface area (Å²) in [6.45, 7) is 6.05. The normalized spacial score (nSPS) is 11.2. The van der Waals surface area contributed by atoms with E-state index in [2.05, 4.69) is 10.2 Å². The summed E-state index contributed by atoms with van der Waals surface area (Å²) in [4.78, 5) is 36.2. The average molecular weight is 267 g/mol. The van der Waals surface area contributed by atoms with Gasteiger partial charge in [0.1, 0.15) is 11.1 Å². The van der Waals surface area contributed by atoms with Gasteiger partial charge in [0.2, 0.25) is 0 Å². The molecule has 0 saturated carbocycles. The highest BCUT2D eigenvalue weighted by molar-refractivity contribution is 5.98. The lowest BCUT2D eigenvalue weighted by Gasteiger charge is -2.31. The number of aliphatic carboxylic acids is 1. The minimum atomic E-state index is -1.41. The number of rotatable bonds is 3. The van der Waals surface area contributed by atoms with Crippen LogP contribution in [0.4, 0.5) is 0 Å². The summed E-state index contributed by atoms with van der Waals surface area (Å²) in [5.41, 5.74) is -1.15. The molecule has 19 heavy (non-hydrogen) atoms. The second kappa shape index (κ2) is 4.83. The third kappa shape index (κ3) is 2.49. The largest absolute Gasteiger partial charge is 0.480 e. The van der Waals surface area contributed by atoms with Gasteiger partial charge in [0.25, 0.3) is 11.5 Å². The summed E-state index contributed by atoms with van der Waals surface area (Å²) in [6, 6.07) is 0. The first-order chi connectivity index (χ1) is 8.60. The topological polar surface area (TPSA) is 103 Å². The van der Waals surface area contributed by atoms with E-state index < -0.39 is 23.0 Å². The van der Waals surface area contributed by atoms with Crippen molar-refractivity contribution in [1.82, 2.24) is 15.1 Å². The minimum absolute atomic E-state index is 0.0793. The number of carbonyl (C=O) groups excluding carboxylic acids is 1. The molecule has 0 unspecified atom stereocenters. The van der Waals surface area contributed by atoms with Gasteiger partial charge in [-0.15, -0.1) is 0 Å². The zero-order valence-electron chi connectivity index (χ0n) is 11.6. The summed E-state index contributed by atoms with van der Waals surface area (Å²) < 4.78 is 0. The molecule has 104 valence electrons. The molecular formula is C12H17N3O4. The predicted molar refractivity (Wildman–Crippen MR) is 68.1 cm³/mol. The van der Waals surface area contributed by atoms with Crippen molar-refractivity contribution in [2.24, 2.45) is 0 Å². The number of nitrogens with zero attached hydrogens (tertiary/aromatic N) is 2. The Bertz CT molecular complexity index is 589. The molecule has 0 bridgehead atoms. The number of H-pyrrole nitrogens is 1. The molecule has 1 aromatic heterocycles. The first-order valence-corrected chi connectivity index (χ1v) is 5.68. The SMILES string of the molecule is Cc1n[nH]c(=O)c(C(=O)N(C)C(C)(C)C(=O)O)c1C. The van der Waals surface area contributed by atoms with Crippen molar-refractivity contribution in [2.75, 3.05) is 7.05 Å². The first kappa shape index (κ1) is 14.9. The van der Waals surface area contributed by atoms with E-state index >= 15 is 0 Å². The number of carboxylic acids is 1. The molecule has 1 amide bonds. The van der Waals surface area contributed by atoms with E-state index in [9.17, 15) is 14.4 Å². The lowest BCUT2D eigenvalue weighted by Crippen LogP contribution is -2.52. The Labute approximate surface area is 110 Å². The molecule has 7 heteroatoms. The molecule has 0 aliphatic carbocycles. The van der Waals surface area contributed by atoms with Crippen molar-refractivity contribution < 1.29 is 14.7 Å². The van der Waals surface area contributed by atoms with Gasteiger partial charge in [-0.2, -0.15) is 5.10 Å². The molecule has 0 aliphatic heterocycles. The molecule has 0 fully saturated rings. The second-order valence-electron chi connectivity index (χ2n) is 4.87. The van der Waals surface area contributed by atoms with Gasteiger partial charge in [-0.05, 0) is 33.3 Å². The van der Waals surface area contributed by atoms with Crippen LogP contribution < -0.4 is 5.56 Å². The van der Waals surface area contributed by atoms with E-state index in [-0.39, 0.29) is 5.56 Å². The Morgan fingerprint density at radius 2 is 1.84 bits per heavy atom. The number of aromatic amines is 1. The second-order valence-corrected chi connectivity index (χ2v) is 4.87. The number of amides is 1. The number of aromatic nitrogens is 2. The number of nitrogens with one attached hydrogen (secondary N) is 1. The molecule has 0 saturated heterocycles. The number of likely N-dealkylation sites (N-methyl/N-ethyl adjacent to an activating group) is 1. The Morgan fingerprint density at radius 1 is 1.32 bits per heavy atom. The summed E-state index contributed by atoms with van der Waals surface area (Å²) in [7, 11) is 1.35. The summed E-state index contributed by atoms with van der Waals surface area (Å²) >= 11 is 0. The molecule has 1 rings (SSSR count). The highest BCUT2D eigenvalue weighted by atomic mass is 16.4. The van der Waals surface area contributed by atoms with Crippen LogP contribution in [0.15, 0.2) is 4.79 Å². The minimum Gasteiger partial charge on any atom is -0.480 e. The van der Waals surface area contributed by atoms with Gasteiger partial charge in [0, 0.05) is 7.05 Å². The van der Waals surface area contributed by atoms with Gasteiger partial charge < -0.3 is 10.0 Å². The van der Waals surface area contributed by atoms with Crippen molar-refractivity contribution in [3.05, 3.63) is 27.2 Å². The maximum absolute atomic E-state index is 12.3. The van der Waals surface area contributed by atoms with Crippen molar-refractivity contribution in [1.29, 1.82) is 0 Å². The van der Waals surface area contributed by atoms with Crippen molar-refractivity contribution in [3.63, 3.8) is 0 Å². The zero-order chi connectivity index (χ0) is 15.0. The lowest BCUT2D eigenvalue weighted by atomic mass is 10.0. The fourth-order valence-corrected chi connectivity index (χ4v) is 1.45. The van der Waals surface area contributed by atoms with E-state index in [1.807, 2.05) is 0 Å². The van der Waals surface area contributed by atoms with Crippen LogP contribution in [0, 0.1) is 13.8 Å². The smallest absolute Gasteiger partial charge is 0.329 e. The van der Waals surface area contributed by atoms with Gasteiger partial charge in [-0.25, -0.2) is 9.89 Å². The quantitative estimate of drug-likeness (QED) is 0.821. The number of aryl methyl sites for hydroxylation is 1. The molecule has 0 spiro atoms. The number of hydrogen-bond acceptors (Lipinski definition) is 4. The maximum atomic E-state index is 12.3. The van der Waals surface area contributed by atoms with Crippen molar-refractivity contribution in [2.45, 2.75) is 33.2 Å². The standard InChI is InChI=1S/C12H17N3O4/c1-6-7(2)13-14-9(16)8(6)10(17)15(5)12(3,4)11(18)19/h1-5H3,(H,14,16)(H,18,19). The molecule has 7 nitrogen and oxygen atoms in total. The van der Waals surface area contributed by atoms with Crippen LogP contribution in [0.25, 0.3) is 0 Å². The highest BCUT2D eigenvalue weighted by Gasteiger charge is 2.37. The van der Waals surface area contributed by atoms with Crippen molar-refractivity contribution >= 4 is 11.9 Å². The molecule has 0 aromatic carbocycles. The van der Waals surface area contributed by atoms with Crippen LogP contribution in [-0.4, -0.2) is 44.7 Å². The maximum Gasteiger partial charge on any atom is 0.329 e. The third-order valence-corrected chi connectivity index (χ3v) is 3.35. The monoisotopic (exact) mass is 267 g/mol. The van der Waals surface area contributed by atoms with E-state index in [4.69, 9.17) is 5.11 Å². The molecule has 1 heterocycles. The van der Waals surface area contributed by atoms with Crippen LogP contribution in [-0.2, 0) is 4.79 Å². The van der Waals surface area contributed by atoms with Gasteiger partial charge in [-0.1, -0.05) is 0 Å². The van der Waals surface area contributed by atoms with Crippen LogP contribution in [0.1, 0.15) is 35.5 Å². The Kier molecular flexibility index (Phi) is 3.78. The Morgan fingerprint density at radius 3 is 2.32 bits per heavy atom. The number of hydrogen-bond donors (Lipinski definition) is 2. The van der Waals surface area contributed by atoms with Gasteiger partial charge in [-0.3, -0.25) is 9.59 Å². The Balaban J connectivity index is 3.34. The lowest BCUT2D eigenvalue weighted by molar-refractivity contribution is -0.147. The van der Waals surface area contributed by atoms with Crippen LogP contribution in [0.5, 0.6) is 0 Å². The zero-order valence-corrected chi connectivity index (χ0v) is 11.6. The predicted octanol–water partition coefficient (Wildman–Crippen LogP) is 0.322. The molecule has 0 aliphatic rings. The van der Waals surface area contributed by atoms with E-state index in [1.165, 1.54) is 20.9 Å². The first-order valence-electron chi connectivity index (χ1n) is 5.68. The van der Waals surface area contributed by atoms with Gasteiger partial charge >= 0.3 is 5.97 Å². The van der Waals surface area contributed by atoms with Crippen LogP contribution >= 0.6 is 0 Å². The number of carboxylic acid groups (broad SMARTS) is 1. The fraction of sp³-hybridized carbons (Fsp3) is 0.500.